The normalized spacial score (nSPS) is 11.2. The Morgan fingerprint density at radius 2 is 1.70 bits per heavy atom. The van der Waals surface area contributed by atoms with Gasteiger partial charge in [0.1, 0.15) is 12.7 Å². The van der Waals surface area contributed by atoms with Gasteiger partial charge in [-0.3, -0.25) is 9.36 Å². The highest BCUT2D eigenvalue weighted by molar-refractivity contribution is 5.94. The van der Waals surface area contributed by atoms with Gasteiger partial charge in [-0.15, -0.1) is 10.2 Å². The molecule has 138 valence electrons. The summed E-state index contributed by atoms with van der Waals surface area (Å²) in [5, 5.41) is 7.61. The van der Waals surface area contributed by atoms with Crippen molar-refractivity contribution in [3.8, 4) is 5.69 Å². The molecule has 5 nitrogen and oxygen atoms in total. The van der Waals surface area contributed by atoms with E-state index in [9.17, 15) is 4.79 Å². The Balaban J connectivity index is 1.71. The fraction of sp³-hybridized carbons (Fsp3) is 0.227. The lowest BCUT2D eigenvalue weighted by molar-refractivity contribution is 0.0756. The van der Waals surface area contributed by atoms with E-state index < -0.39 is 0 Å². The van der Waals surface area contributed by atoms with Crippen LogP contribution in [-0.4, -0.2) is 38.7 Å². The van der Waals surface area contributed by atoms with Crippen LogP contribution in [0.4, 0.5) is 0 Å². The van der Waals surface area contributed by atoms with Crippen LogP contribution in [0.1, 0.15) is 29.8 Å². The molecule has 1 aromatic heterocycles. The predicted octanol–water partition coefficient (Wildman–Crippen LogP) is 4.08. The van der Waals surface area contributed by atoms with E-state index in [1.54, 1.807) is 12.7 Å². The maximum Gasteiger partial charge on any atom is 0.254 e. The number of benzene rings is 2. The molecule has 0 aliphatic rings. The van der Waals surface area contributed by atoms with Crippen molar-refractivity contribution in [1.82, 2.24) is 19.7 Å². The third-order valence-electron chi connectivity index (χ3n) is 4.14. The molecule has 1 amide bonds. The molecular weight excluding hydrogens is 336 g/mol. The van der Waals surface area contributed by atoms with Crippen molar-refractivity contribution in [1.29, 1.82) is 0 Å². The number of carbonyl (C=O) groups excluding carboxylic acids is 1. The third kappa shape index (κ3) is 5.14. The molecule has 27 heavy (non-hydrogen) atoms. The Labute approximate surface area is 160 Å². The lowest BCUT2D eigenvalue weighted by atomic mass is 10.1. The first-order chi connectivity index (χ1) is 13.1. The van der Waals surface area contributed by atoms with Crippen LogP contribution in [0.5, 0.6) is 0 Å². The number of amides is 1. The van der Waals surface area contributed by atoms with E-state index in [1.165, 1.54) is 0 Å². The molecule has 3 rings (SSSR count). The Morgan fingerprint density at radius 1 is 1.04 bits per heavy atom. The summed E-state index contributed by atoms with van der Waals surface area (Å²) in [4.78, 5) is 14.9. The molecule has 0 radical (unpaired) electrons. The molecule has 0 unspecified atom stereocenters. The fourth-order valence-electron chi connectivity index (χ4n) is 2.85. The van der Waals surface area contributed by atoms with Crippen LogP contribution in [0.25, 0.3) is 11.8 Å². The summed E-state index contributed by atoms with van der Waals surface area (Å²) in [6.07, 6.45) is 7.36. The highest BCUT2D eigenvalue weighted by Gasteiger charge is 2.16. The zero-order chi connectivity index (χ0) is 19.1. The van der Waals surface area contributed by atoms with Gasteiger partial charge in [0.15, 0.2) is 0 Å². The predicted molar refractivity (Wildman–Crippen MR) is 108 cm³/mol. The van der Waals surface area contributed by atoms with Gasteiger partial charge in [-0.1, -0.05) is 56.3 Å². The number of hydrogen-bond acceptors (Lipinski definition) is 3. The van der Waals surface area contributed by atoms with E-state index in [0.29, 0.717) is 24.6 Å². The number of rotatable bonds is 7. The van der Waals surface area contributed by atoms with Crippen molar-refractivity contribution in [2.24, 2.45) is 5.92 Å². The van der Waals surface area contributed by atoms with Crippen molar-refractivity contribution in [3.63, 3.8) is 0 Å². The van der Waals surface area contributed by atoms with Gasteiger partial charge in [0, 0.05) is 24.3 Å². The SMILES string of the molecule is CC(C)CN(C/C=C/c1ccccc1)C(=O)c1ccc(-n2cnnc2)cc1. The van der Waals surface area contributed by atoms with Crippen LogP contribution in [0, 0.1) is 5.92 Å². The first-order valence-corrected chi connectivity index (χ1v) is 9.09. The quantitative estimate of drug-likeness (QED) is 0.638. The molecule has 0 saturated heterocycles. The van der Waals surface area contributed by atoms with Crippen LogP contribution in [0.2, 0.25) is 0 Å². The van der Waals surface area contributed by atoms with Crippen molar-refractivity contribution >= 4 is 12.0 Å². The van der Waals surface area contributed by atoms with Gasteiger partial charge >= 0.3 is 0 Å². The van der Waals surface area contributed by atoms with Crippen molar-refractivity contribution < 1.29 is 4.79 Å². The largest absolute Gasteiger partial charge is 0.335 e. The van der Waals surface area contributed by atoms with E-state index in [1.807, 2.05) is 58.0 Å². The maximum absolute atomic E-state index is 13.0. The Bertz CT molecular complexity index is 868. The van der Waals surface area contributed by atoms with Crippen LogP contribution < -0.4 is 0 Å². The molecule has 0 N–H and O–H groups in total. The lowest BCUT2D eigenvalue weighted by Gasteiger charge is -2.23. The van der Waals surface area contributed by atoms with Gasteiger partial charge in [0.25, 0.3) is 5.91 Å². The molecule has 0 saturated carbocycles. The molecule has 0 atom stereocenters. The van der Waals surface area contributed by atoms with E-state index in [4.69, 9.17) is 0 Å². The van der Waals surface area contributed by atoms with E-state index in [2.05, 4.69) is 42.3 Å². The van der Waals surface area contributed by atoms with E-state index in [0.717, 1.165) is 11.3 Å². The minimum Gasteiger partial charge on any atom is -0.335 e. The van der Waals surface area contributed by atoms with Crippen molar-refractivity contribution in [2.45, 2.75) is 13.8 Å². The molecule has 0 fully saturated rings. The number of nitrogens with zero attached hydrogens (tertiary/aromatic N) is 4. The molecule has 0 spiro atoms. The Kier molecular flexibility index (Phi) is 6.15. The molecule has 0 bridgehead atoms. The molecule has 5 heteroatoms. The number of carbonyl (C=O) groups is 1. The van der Waals surface area contributed by atoms with E-state index >= 15 is 0 Å². The number of aromatic nitrogens is 3. The van der Waals surface area contributed by atoms with Crippen molar-refractivity contribution in [3.05, 3.63) is 84.5 Å². The molecule has 0 aliphatic heterocycles. The Hall–Kier alpha value is -3.21. The molecular formula is C22H24N4O. The van der Waals surface area contributed by atoms with Crippen molar-refractivity contribution in [2.75, 3.05) is 13.1 Å². The zero-order valence-electron chi connectivity index (χ0n) is 15.7. The first-order valence-electron chi connectivity index (χ1n) is 9.09. The van der Waals surface area contributed by atoms with Gasteiger partial charge in [-0.25, -0.2) is 0 Å². The van der Waals surface area contributed by atoms with Gasteiger partial charge in [-0.05, 0) is 35.7 Å². The van der Waals surface area contributed by atoms with Crippen LogP contribution in [-0.2, 0) is 0 Å². The fourth-order valence-corrected chi connectivity index (χ4v) is 2.85. The zero-order valence-corrected chi connectivity index (χ0v) is 15.7. The molecule has 2 aromatic carbocycles. The van der Waals surface area contributed by atoms with Gasteiger partial charge in [-0.2, -0.15) is 0 Å². The summed E-state index contributed by atoms with van der Waals surface area (Å²) in [7, 11) is 0. The smallest absolute Gasteiger partial charge is 0.254 e. The van der Waals surface area contributed by atoms with Crippen LogP contribution in [0.3, 0.4) is 0 Å². The van der Waals surface area contributed by atoms with Crippen LogP contribution in [0.15, 0.2) is 73.3 Å². The third-order valence-corrected chi connectivity index (χ3v) is 4.14. The molecule has 0 aliphatic carbocycles. The molecule has 3 aromatic rings. The highest BCUT2D eigenvalue weighted by atomic mass is 16.2. The van der Waals surface area contributed by atoms with Crippen LogP contribution >= 0.6 is 0 Å². The maximum atomic E-state index is 13.0. The minimum absolute atomic E-state index is 0.0386. The summed E-state index contributed by atoms with van der Waals surface area (Å²) in [6, 6.07) is 17.6. The second-order valence-electron chi connectivity index (χ2n) is 6.83. The number of hydrogen-bond donors (Lipinski definition) is 0. The topological polar surface area (TPSA) is 51.0 Å². The summed E-state index contributed by atoms with van der Waals surface area (Å²) < 4.78 is 1.81. The summed E-state index contributed by atoms with van der Waals surface area (Å²) in [5.41, 5.74) is 2.74. The standard InChI is InChI=1S/C22H24N4O/c1-18(2)15-25(14-6-9-19-7-4-3-5-8-19)22(27)20-10-12-21(13-11-20)26-16-23-24-17-26/h3-13,16-18H,14-15H2,1-2H3/b9-6+. The minimum atomic E-state index is 0.0386. The van der Waals surface area contributed by atoms with Gasteiger partial charge in [0.2, 0.25) is 0 Å². The van der Waals surface area contributed by atoms with Gasteiger partial charge in [0.05, 0.1) is 0 Å². The summed E-state index contributed by atoms with van der Waals surface area (Å²) in [5.74, 6) is 0.437. The highest BCUT2D eigenvalue weighted by Crippen LogP contribution is 2.13. The second kappa shape index (κ2) is 8.94. The monoisotopic (exact) mass is 360 g/mol. The average Bonchev–Trinajstić information content (AvgIpc) is 3.22. The Morgan fingerprint density at radius 3 is 2.33 bits per heavy atom. The average molecular weight is 360 g/mol. The molecule has 1 heterocycles. The summed E-state index contributed by atoms with van der Waals surface area (Å²) >= 11 is 0. The van der Waals surface area contributed by atoms with E-state index in [-0.39, 0.29) is 5.91 Å². The first kappa shape index (κ1) is 18.6. The lowest BCUT2D eigenvalue weighted by Crippen LogP contribution is -2.34. The second-order valence-corrected chi connectivity index (χ2v) is 6.83. The van der Waals surface area contributed by atoms with Gasteiger partial charge < -0.3 is 4.90 Å². The summed E-state index contributed by atoms with van der Waals surface area (Å²) in [6.45, 7) is 5.54.